The number of anilines is 1. The van der Waals surface area contributed by atoms with Gasteiger partial charge in [0.25, 0.3) is 0 Å². The van der Waals surface area contributed by atoms with E-state index in [0.29, 0.717) is 17.6 Å². The lowest BCUT2D eigenvalue weighted by Crippen LogP contribution is -2.33. The van der Waals surface area contributed by atoms with Crippen LogP contribution in [-0.2, 0) is 4.74 Å². The lowest BCUT2D eigenvalue weighted by atomic mass is 10.1. The van der Waals surface area contributed by atoms with E-state index in [9.17, 15) is 10.2 Å². The molecule has 0 unspecified atom stereocenters. The van der Waals surface area contributed by atoms with Crippen molar-refractivity contribution >= 4 is 16.9 Å². The van der Waals surface area contributed by atoms with Gasteiger partial charge in [-0.15, -0.1) is 5.10 Å². The van der Waals surface area contributed by atoms with Crippen LogP contribution in [0.15, 0.2) is 6.33 Å². The van der Waals surface area contributed by atoms with E-state index in [1.54, 1.807) is 6.92 Å². The van der Waals surface area contributed by atoms with Crippen LogP contribution in [-0.4, -0.2) is 66.6 Å². The van der Waals surface area contributed by atoms with Gasteiger partial charge in [-0.05, 0) is 6.92 Å². The number of fused-ring (bicyclic) bond motifs is 1. The average molecular weight is 311 g/mol. The smallest absolute Gasteiger partial charge is 0.246 e. The summed E-state index contributed by atoms with van der Waals surface area (Å²) in [6.07, 6.45) is -3.17. The van der Waals surface area contributed by atoms with Crippen LogP contribution in [0, 0.1) is 0 Å². The standard InChI is InChI=1S/C12H17N5O5/c1-2-21-11-6-9(13)14-4-15-10(6)17(16-11)12-8(20)7(19)5(3-18)22-12/h4-5,7-8,12,18-20H,2-3H2,1H3,(H2,13,14,15)/t5-,7-,8-,12-/m1/s1. The first kappa shape index (κ1) is 14.9. The van der Waals surface area contributed by atoms with Gasteiger partial charge in [0.15, 0.2) is 11.9 Å². The van der Waals surface area contributed by atoms with Gasteiger partial charge in [0.05, 0.1) is 13.2 Å². The molecular weight excluding hydrogens is 294 g/mol. The number of rotatable bonds is 4. The van der Waals surface area contributed by atoms with Crippen molar-refractivity contribution in [3.8, 4) is 5.88 Å². The molecule has 0 aromatic carbocycles. The summed E-state index contributed by atoms with van der Waals surface area (Å²) in [4.78, 5) is 7.99. The zero-order valence-corrected chi connectivity index (χ0v) is 11.8. The Hall–Kier alpha value is -2.01. The number of aliphatic hydroxyl groups excluding tert-OH is 3. The predicted octanol–water partition coefficient (Wildman–Crippen LogP) is -1.58. The quantitative estimate of drug-likeness (QED) is 0.524. The second-order valence-electron chi connectivity index (χ2n) is 4.87. The molecule has 0 bridgehead atoms. The summed E-state index contributed by atoms with van der Waals surface area (Å²) in [5.41, 5.74) is 6.15. The summed E-state index contributed by atoms with van der Waals surface area (Å²) in [5, 5.41) is 33.8. The largest absolute Gasteiger partial charge is 0.476 e. The van der Waals surface area contributed by atoms with E-state index in [0.717, 1.165) is 0 Å². The van der Waals surface area contributed by atoms with Crippen molar-refractivity contribution in [1.82, 2.24) is 19.7 Å². The van der Waals surface area contributed by atoms with E-state index < -0.39 is 31.1 Å². The number of ether oxygens (including phenoxy) is 2. The molecule has 0 radical (unpaired) electrons. The van der Waals surface area contributed by atoms with Crippen molar-refractivity contribution < 1.29 is 24.8 Å². The number of hydrogen-bond donors (Lipinski definition) is 4. The van der Waals surface area contributed by atoms with Gasteiger partial charge in [-0.1, -0.05) is 0 Å². The molecule has 10 nitrogen and oxygen atoms in total. The predicted molar refractivity (Wildman–Crippen MR) is 73.9 cm³/mol. The maximum atomic E-state index is 10.1. The molecule has 4 atom stereocenters. The van der Waals surface area contributed by atoms with Gasteiger partial charge >= 0.3 is 0 Å². The highest BCUT2D eigenvalue weighted by Crippen LogP contribution is 2.35. The van der Waals surface area contributed by atoms with E-state index >= 15 is 0 Å². The molecule has 0 saturated carbocycles. The Morgan fingerprint density at radius 3 is 2.77 bits per heavy atom. The minimum atomic E-state index is -1.27. The highest BCUT2D eigenvalue weighted by atomic mass is 16.6. The third kappa shape index (κ3) is 2.16. The minimum Gasteiger partial charge on any atom is -0.476 e. The summed E-state index contributed by atoms with van der Waals surface area (Å²) in [7, 11) is 0. The summed E-state index contributed by atoms with van der Waals surface area (Å²) in [6.45, 7) is 1.72. The van der Waals surface area contributed by atoms with Crippen LogP contribution in [0.1, 0.15) is 13.2 Å². The SMILES string of the molecule is CCOc1nn([C@@H]2O[C@H](CO)[C@@H](O)[C@H]2O)c2ncnc(N)c12. The molecule has 0 amide bonds. The molecule has 1 saturated heterocycles. The topological polar surface area (TPSA) is 149 Å². The van der Waals surface area contributed by atoms with Gasteiger partial charge in [0, 0.05) is 0 Å². The van der Waals surface area contributed by atoms with Crippen molar-refractivity contribution in [2.75, 3.05) is 18.9 Å². The first-order valence-electron chi connectivity index (χ1n) is 6.82. The van der Waals surface area contributed by atoms with E-state index in [4.69, 9.17) is 20.3 Å². The lowest BCUT2D eigenvalue weighted by Gasteiger charge is -2.15. The van der Waals surface area contributed by atoms with Crippen LogP contribution in [0.25, 0.3) is 11.0 Å². The Labute approximate surface area is 125 Å². The number of nitrogen functional groups attached to an aromatic ring is 1. The third-order valence-electron chi connectivity index (χ3n) is 3.53. The van der Waals surface area contributed by atoms with E-state index in [1.807, 2.05) is 0 Å². The first-order valence-corrected chi connectivity index (χ1v) is 6.82. The van der Waals surface area contributed by atoms with Gasteiger partial charge in [0.1, 0.15) is 35.8 Å². The van der Waals surface area contributed by atoms with Crippen LogP contribution in [0.3, 0.4) is 0 Å². The highest BCUT2D eigenvalue weighted by molar-refractivity contribution is 5.90. The van der Waals surface area contributed by atoms with Gasteiger partial charge in [-0.3, -0.25) is 0 Å². The second-order valence-corrected chi connectivity index (χ2v) is 4.87. The number of hydrogen-bond acceptors (Lipinski definition) is 9. The van der Waals surface area contributed by atoms with Crippen molar-refractivity contribution in [3.63, 3.8) is 0 Å². The van der Waals surface area contributed by atoms with Crippen molar-refractivity contribution in [3.05, 3.63) is 6.33 Å². The number of nitrogens with two attached hydrogens (primary N) is 1. The van der Waals surface area contributed by atoms with Crippen molar-refractivity contribution in [2.24, 2.45) is 0 Å². The molecule has 5 N–H and O–H groups in total. The maximum absolute atomic E-state index is 10.1. The molecule has 1 fully saturated rings. The van der Waals surface area contributed by atoms with Crippen molar-refractivity contribution in [1.29, 1.82) is 0 Å². The summed E-state index contributed by atoms with van der Waals surface area (Å²) in [5.74, 6) is 0.403. The minimum absolute atomic E-state index is 0.187. The lowest BCUT2D eigenvalue weighted by molar-refractivity contribution is -0.0570. The Morgan fingerprint density at radius 1 is 1.36 bits per heavy atom. The Morgan fingerprint density at radius 2 is 2.14 bits per heavy atom. The molecule has 3 rings (SSSR count). The Bertz CT molecular complexity index is 677. The van der Waals surface area contributed by atoms with Gasteiger partial charge < -0.3 is 30.5 Å². The molecule has 0 aliphatic carbocycles. The number of aromatic nitrogens is 4. The molecule has 0 spiro atoms. The Kier molecular flexibility index (Phi) is 3.83. The second kappa shape index (κ2) is 5.65. The van der Waals surface area contributed by atoms with Crippen LogP contribution in [0.2, 0.25) is 0 Å². The van der Waals surface area contributed by atoms with Crippen LogP contribution in [0.4, 0.5) is 5.82 Å². The molecule has 120 valence electrons. The van der Waals surface area contributed by atoms with Gasteiger partial charge in [-0.2, -0.15) is 0 Å². The highest BCUT2D eigenvalue weighted by Gasteiger charge is 2.45. The molecule has 1 aliphatic heterocycles. The van der Waals surface area contributed by atoms with Crippen LogP contribution < -0.4 is 10.5 Å². The monoisotopic (exact) mass is 311 g/mol. The number of aliphatic hydroxyl groups is 3. The number of nitrogens with zero attached hydrogens (tertiary/aromatic N) is 4. The van der Waals surface area contributed by atoms with E-state index in [2.05, 4.69) is 15.1 Å². The average Bonchev–Trinajstić information content (AvgIpc) is 3.00. The van der Waals surface area contributed by atoms with Gasteiger partial charge in [0.2, 0.25) is 5.88 Å². The molecule has 22 heavy (non-hydrogen) atoms. The normalized spacial score (nSPS) is 28.4. The van der Waals surface area contributed by atoms with E-state index in [1.165, 1.54) is 11.0 Å². The Balaban J connectivity index is 2.10. The molecule has 2 aromatic rings. The fourth-order valence-electron chi connectivity index (χ4n) is 2.46. The summed E-state index contributed by atoms with van der Waals surface area (Å²) >= 11 is 0. The first-order chi connectivity index (χ1) is 10.6. The van der Waals surface area contributed by atoms with Crippen LogP contribution in [0.5, 0.6) is 5.88 Å². The molecule has 10 heteroatoms. The van der Waals surface area contributed by atoms with Gasteiger partial charge in [-0.25, -0.2) is 14.6 Å². The fourth-order valence-corrected chi connectivity index (χ4v) is 2.46. The van der Waals surface area contributed by atoms with Crippen LogP contribution >= 0.6 is 0 Å². The summed E-state index contributed by atoms with van der Waals surface area (Å²) < 4.78 is 12.1. The van der Waals surface area contributed by atoms with E-state index in [-0.39, 0.29) is 11.7 Å². The zero-order valence-electron chi connectivity index (χ0n) is 11.8. The molecule has 1 aliphatic rings. The zero-order chi connectivity index (χ0) is 15.9. The third-order valence-corrected chi connectivity index (χ3v) is 3.53. The molecule has 2 aromatic heterocycles. The molecular formula is C12H17N5O5. The maximum Gasteiger partial charge on any atom is 0.246 e. The van der Waals surface area contributed by atoms with Crippen molar-refractivity contribution in [2.45, 2.75) is 31.5 Å². The summed E-state index contributed by atoms with van der Waals surface area (Å²) in [6, 6.07) is 0. The molecule has 3 heterocycles. The fraction of sp³-hybridized carbons (Fsp3) is 0.583.